The minimum atomic E-state index is -0.0149. The van der Waals surface area contributed by atoms with Crippen LogP contribution in [0.4, 0.5) is 0 Å². The number of carbonyl (C=O) groups is 1. The molecular weight excluding hydrogens is 511 g/mol. The van der Waals surface area contributed by atoms with Gasteiger partial charge in [0.25, 0.3) is 0 Å². The number of nitrogens with zero attached hydrogens (tertiary/aromatic N) is 5. The molecule has 0 radical (unpaired) electrons. The van der Waals surface area contributed by atoms with Gasteiger partial charge in [-0.2, -0.15) is 0 Å². The van der Waals surface area contributed by atoms with Gasteiger partial charge in [-0.05, 0) is 44.5 Å². The zero-order valence-corrected chi connectivity index (χ0v) is 22.9. The van der Waals surface area contributed by atoms with E-state index in [1.807, 2.05) is 17.9 Å². The first-order valence-corrected chi connectivity index (χ1v) is 13.6. The smallest absolute Gasteiger partial charge is 0.242 e. The van der Waals surface area contributed by atoms with Gasteiger partial charge in [0.2, 0.25) is 11.8 Å². The number of halogens is 2. The first-order chi connectivity index (χ1) is 17.8. The molecule has 4 heterocycles. The standard InChI is InChI=1S/C27H34Cl2N6O2/c1-17-21(14-30)25(20-4-3-18(28)13-22(20)29)26-23(31-17)15-35(27(26)37)16-24(36)34-7-5-19(6-8-34)33-11-9-32(2)10-12-33/h3-4,13,15,19,37H,5-12,14,16,30H2,1-2H3. The van der Waals surface area contributed by atoms with Crippen LogP contribution < -0.4 is 5.73 Å². The zero-order chi connectivity index (χ0) is 26.3. The minimum Gasteiger partial charge on any atom is -0.494 e. The summed E-state index contributed by atoms with van der Waals surface area (Å²) in [6, 6.07) is 5.79. The molecule has 2 aromatic heterocycles. The number of benzene rings is 1. The van der Waals surface area contributed by atoms with Crippen molar-refractivity contribution in [3.05, 3.63) is 45.7 Å². The predicted molar refractivity (Wildman–Crippen MR) is 148 cm³/mol. The van der Waals surface area contributed by atoms with E-state index in [2.05, 4.69) is 21.8 Å². The number of piperazine rings is 1. The number of piperidine rings is 1. The summed E-state index contributed by atoms with van der Waals surface area (Å²) in [6.45, 7) is 8.02. The van der Waals surface area contributed by atoms with Crippen molar-refractivity contribution in [1.82, 2.24) is 24.3 Å². The molecule has 10 heteroatoms. The largest absolute Gasteiger partial charge is 0.494 e. The number of hydrogen-bond donors (Lipinski definition) is 2. The highest BCUT2D eigenvalue weighted by Gasteiger charge is 2.29. The Morgan fingerprint density at radius 1 is 1.14 bits per heavy atom. The van der Waals surface area contributed by atoms with E-state index in [4.69, 9.17) is 28.9 Å². The Hall–Kier alpha value is -2.36. The summed E-state index contributed by atoms with van der Waals surface area (Å²) < 4.78 is 1.58. The fourth-order valence-electron chi connectivity index (χ4n) is 5.71. The van der Waals surface area contributed by atoms with Crippen LogP contribution in [0.5, 0.6) is 5.88 Å². The van der Waals surface area contributed by atoms with E-state index in [9.17, 15) is 9.90 Å². The van der Waals surface area contributed by atoms with Gasteiger partial charge < -0.3 is 25.2 Å². The Kier molecular flexibility index (Phi) is 7.65. The van der Waals surface area contributed by atoms with Gasteiger partial charge >= 0.3 is 0 Å². The van der Waals surface area contributed by atoms with E-state index in [0.717, 1.165) is 68.9 Å². The van der Waals surface area contributed by atoms with Crippen LogP contribution in [0.3, 0.4) is 0 Å². The molecule has 3 N–H and O–H groups in total. The van der Waals surface area contributed by atoms with E-state index < -0.39 is 0 Å². The number of aryl methyl sites for hydroxylation is 1. The number of nitrogens with two attached hydrogens (primary N) is 1. The molecule has 0 bridgehead atoms. The molecule has 2 fully saturated rings. The maximum Gasteiger partial charge on any atom is 0.242 e. The average Bonchev–Trinajstić information content (AvgIpc) is 3.18. The predicted octanol–water partition coefficient (Wildman–Crippen LogP) is 3.72. The highest BCUT2D eigenvalue weighted by molar-refractivity contribution is 6.36. The quantitative estimate of drug-likeness (QED) is 0.508. The number of pyridine rings is 1. The van der Waals surface area contributed by atoms with Crippen molar-refractivity contribution in [2.75, 3.05) is 46.3 Å². The fraction of sp³-hybridized carbons (Fsp3) is 0.481. The lowest BCUT2D eigenvalue weighted by Crippen LogP contribution is -2.53. The molecule has 198 valence electrons. The van der Waals surface area contributed by atoms with Crippen molar-refractivity contribution in [3.63, 3.8) is 0 Å². The SMILES string of the molecule is Cc1nc2cn(CC(=O)N3CCC(N4CCN(C)CC4)CC3)c(O)c2c(-c2ccc(Cl)cc2Cl)c1CN. The zero-order valence-electron chi connectivity index (χ0n) is 21.4. The minimum absolute atomic E-state index is 0.00530. The highest BCUT2D eigenvalue weighted by atomic mass is 35.5. The first kappa shape index (κ1) is 26.3. The van der Waals surface area contributed by atoms with E-state index in [0.29, 0.717) is 32.6 Å². The molecule has 1 amide bonds. The molecule has 37 heavy (non-hydrogen) atoms. The Bertz CT molecular complexity index is 1310. The van der Waals surface area contributed by atoms with Crippen LogP contribution in [0.1, 0.15) is 24.1 Å². The molecular formula is C27H34Cl2N6O2. The number of likely N-dealkylation sites (N-methyl/N-ethyl adjacent to an activating group) is 1. The molecule has 3 aromatic rings. The van der Waals surface area contributed by atoms with Crippen LogP contribution in [0, 0.1) is 6.92 Å². The number of rotatable bonds is 5. The molecule has 0 unspecified atom stereocenters. The normalized spacial score (nSPS) is 18.1. The lowest BCUT2D eigenvalue weighted by atomic mass is 9.95. The summed E-state index contributed by atoms with van der Waals surface area (Å²) in [4.78, 5) is 24.8. The molecule has 8 nitrogen and oxygen atoms in total. The van der Waals surface area contributed by atoms with Crippen molar-refractivity contribution < 1.29 is 9.90 Å². The third-order valence-electron chi connectivity index (χ3n) is 7.89. The van der Waals surface area contributed by atoms with Gasteiger partial charge in [0, 0.05) is 84.9 Å². The third-order valence-corrected chi connectivity index (χ3v) is 8.44. The summed E-state index contributed by atoms with van der Waals surface area (Å²) in [6.07, 6.45) is 3.70. The average molecular weight is 546 g/mol. The van der Waals surface area contributed by atoms with Crippen molar-refractivity contribution in [1.29, 1.82) is 0 Å². The van der Waals surface area contributed by atoms with Gasteiger partial charge in [-0.25, -0.2) is 0 Å². The molecule has 1 aromatic carbocycles. The van der Waals surface area contributed by atoms with Crippen LogP contribution in [0.2, 0.25) is 10.0 Å². The molecule has 0 spiro atoms. The Labute approximate surface area is 227 Å². The van der Waals surface area contributed by atoms with E-state index in [-0.39, 0.29) is 24.9 Å². The molecule has 2 aliphatic heterocycles. The van der Waals surface area contributed by atoms with Gasteiger partial charge in [-0.1, -0.05) is 29.3 Å². The van der Waals surface area contributed by atoms with Gasteiger partial charge in [0.05, 0.1) is 10.9 Å². The second-order valence-electron chi connectivity index (χ2n) is 10.2. The van der Waals surface area contributed by atoms with Crippen molar-refractivity contribution >= 4 is 40.0 Å². The summed E-state index contributed by atoms with van der Waals surface area (Å²) in [5.41, 5.74) is 9.68. The highest BCUT2D eigenvalue weighted by Crippen LogP contribution is 2.42. The number of hydrogen-bond acceptors (Lipinski definition) is 6. The molecule has 0 saturated carbocycles. The van der Waals surface area contributed by atoms with Crippen molar-refractivity contribution in [2.45, 2.75) is 38.9 Å². The van der Waals surface area contributed by atoms with Crippen molar-refractivity contribution in [2.24, 2.45) is 5.73 Å². The Balaban J connectivity index is 1.38. The maximum atomic E-state index is 13.3. The van der Waals surface area contributed by atoms with Crippen LogP contribution in [0.15, 0.2) is 24.4 Å². The van der Waals surface area contributed by atoms with E-state index in [1.54, 1.807) is 22.9 Å². The monoisotopic (exact) mass is 544 g/mol. The summed E-state index contributed by atoms with van der Waals surface area (Å²) in [7, 11) is 2.17. The fourth-order valence-corrected chi connectivity index (χ4v) is 6.21. The number of aromatic nitrogens is 2. The number of carbonyl (C=O) groups excluding carboxylic acids is 1. The maximum absolute atomic E-state index is 13.3. The van der Waals surface area contributed by atoms with Gasteiger partial charge in [0.15, 0.2) is 0 Å². The second-order valence-corrected chi connectivity index (χ2v) is 11.0. The van der Waals surface area contributed by atoms with Crippen LogP contribution in [0.25, 0.3) is 22.0 Å². The van der Waals surface area contributed by atoms with E-state index >= 15 is 0 Å². The first-order valence-electron chi connectivity index (χ1n) is 12.8. The second kappa shape index (κ2) is 10.8. The van der Waals surface area contributed by atoms with Crippen LogP contribution >= 0.6 is 23.2 Å². The molecule has 2 saturated heterocycles. The molecule has 0 aliphatic carbocycles. The van der Waals surface area contributed by atoms with Crippen LogP contribution in [-0.4, -0.2) is 87.6 Å². The number of fused-ring (bicyclic) bond motifs is 1. The molecule has 2 aliphatic rings. The van der Waals surface area contributed by atoms with Gasteiger partial charge in [-0.3, -0.25) is 14.7 Å². The lowest BCUT2D eigenvalue weighted by molar-refractivity contribution is -0.133. The number of amides is 1. The van der Waals surface area contributed by atoms with Gasteiger partial charge in [0.1, 0.15) is 6.54 Å². The van der Waals surface area contributed by atoms with Crippen molar-refractivity contribution in [3.8, 4) is 17.0 Å². The molecule has 5 rings (SSSR count). The summed E-state index contributed by atoms with van der Waals surface area (Å²) >= 11 is 12.7. The Morgan fingerprint density at radius 2 is 1.84 bits per heavy atom. The van der Waals surface area contributed by atoms with E-state index in [1.165, 1.54) is 0 Å². The number of aromatic hydroxyl groups is 1. The molecule has 0 atom stereocenters. The van der Waals surface area contributed by atoms with Crippen LogP contribution in [-0.2, 0) is 17.9 Å². The lowest BCUT2D eigenvalue weighted by Gasteiger charge is -2.42. The third kappa shape index (κ3) is 5.18. The summed E-state index contributed by atoms with van der Waals surface area (Å²) in [5.74, 6) is -0.0202. The topological polar surface area (TPSA) is 90.9 Å². The number of likely N-dealkylation sites (tertiary alicyclic amines) is 1. The van der Waals surface area contributed by atoms with Gasteiger partial charge in [-0.15, -0.1) is 0 Å². The summed E-state index contributed by atoms with van der Waals surface area (Å²) in [5, 5.41) is 12.8. The Morgan fingerprint density at radius 3 is 2.49 bits per heavy atom.